The molecular formula is C27H21F4N7O3. The van der Waals surface area contributed by atoms with E-state index in [-0.39, 0.29) is 41.5 Å². The summed E-state index contributed by atoms with van der Waals surface area (Å²) in [5, 5.41) is 0. The predicted molar refractivity (Wildman–Crippen MR) is 134 cm³/mol. The van der Waals surface area contributed by atoms with E-state index in [1.807, 2.05) is 0 Å². The fourth-order valence-corrected chi connectivity index (χ4v) is 4.67. The average molecular weight is 568 g/mol. The van der Waals surface area contributed by atoms with Gasteiger partial charge in [-0.1, -0.05) is 0 Å². The smallest absolute Gasteiger partial charge is 0.434 e. The van der Waals surface area contributed by atoms with Gasteiger partial charge in [-0.25, -0.2) is 29.3 Å². The van der Waals surface area contributed by atoms with Crippen molar-refractivity contribution in [1.82, 2.24) is 34.5 Å². The highest BCUT2D eigenvalue weighted by Crippen LogP contribution is 2.45. The SMILES string of the molecule is COc1ncnc(C2CC2)c1-c1nc(OCc2cnc(-c3nc(C(F)(F)F)cn3C3CC3)c(F)c2)c2occc2n1. The Morgan fingerprint density at radius 2 is 1.88 bits per heavy atom. The second kappa shape index (κ2) is 9.49. The number of ether oxygens (including phenoxy) is 2. The Bertz CT molecular complexity index is 1780. The lowest BCUT2D eigenvalue weighted by molar-refractivity contribution is -0.140. The second-order valence-corrected chi connectivity index (χ2v) is 9.95. The Morgan fingerprint density at radius 3 is 2.59 bits per heavy atom. The third-order valence-corrected chi connectivity index (χ3v) is 6.94. The van der Waals surface area contributed by atoms with Gasteiger partial charge in [-0.05, 0) is 31.7 Å². The Hall–Kier alpha value is -4.62. The van der Waals surface area contributed by atoms with Gasteiger partial charge in [0.25, 0.3) is 5.88 Å². The van der Waals surface area contributed by atoms with Crippen LogP contribution in [-0.4, -0.2) is 41.6 Å². The molecule has 2 saturated carbocycles. The van der Waals surface area contributed by atoms with Crippen molar-refractivity contribution in [1.29, 1.82) is 0 Å². The number of methoxy groups -OCH3 is 1. The van der Waals surface area contributed by atoms with Crippen LogP contribution in [0, 0.1) is 5.82 Å². The molecule has 0 radical (unpaired) electrons. The summed E-state index contributed by atoms with van der Waals surface area (Å²) >= 11 is 0. The van der Waals surface area contributed by atoms with E-state index in [2.05, 4.69) is 29.9 Å². The molecule has 14 heteroatoms. The van der Waals surface area contributed by atoms with Gasteiger partial charge in [-0.2, -0.15) is 18.2 Å². The van der Waals surface area contributed by atoms with Crippen molar-refractivity contribution in [2.75, 3.05) is 7.11 Å². The second-order valence-electron chi connectivity index (χ2n) is 9.95. The van der Waals surface area contributed by atoms with Crippen LogP contribution < -0.4 is 9.47 Å². The van der Waals surface area contributed by atoms with E-state index in [9.17, 15) is 13.2 Å². The van der Waals surface area contributed by atoms with Crippen molar-refractivity contribution in [3.8, 4) is 34.7 Å². The van der Waals surface area contributed by atoms with E-state index in [4.69, 9.17) is 13.9 Å². The molecule has 0 aromatic carbocycles. The molecule has 2 fully saturated rings. The highest BCUT2D eigenvalue weighted by Gasteiger charge is 2.38. The number of rotatable bonds is 8. The largest absolute Gasteiger partial charge is 0.480 e. The number of pyridine rings is 1. The van der Waals surface area contributed by atoms with Gasteiger partial charge < -0.3 is 18.5 Å². The number of fused-ring (bicyclic) bond motifs is 1. The molecule has 0 spiro atoms. The minimum absolute atomic E-state index is 0.103. The highest BCUT2D eigenvalue weighted by atomic mass is 19.4. The third kappa shape index (κ3) is 4.72. The van der Waals surface area contributed by atoms with E-state index >= 15 is 4.39 Å². The minimum Gasteiger partial charge on any atom is -0.480 e. The molecule has 0 aliphatic heterocycles. The lowest BCUT2D eigenvalue weighted by Gasteiger charge is -2.12. The molecular weight excluding hydrogens is 546 g/mol. The predicted octanol–water partition coefficient (Wildman–Crippen LogP) is 5.90. The van der Waals surface area contributed by atoms with Crippen LogP contribution in [0.1, 0.15) is 54.6 Å². The number of halogens is 4. The molecule has 5 heterocycles. The van der Waals surface area contributed by atoms with Crippen LogP contribution in [0.15, 0.2) is 41.5 Å². The van der Waals surface area contributed by atoms with Gasteiger partial charge in [0.2, 0.25) is 11.5 Å². The first-order valence-electron chi connectivity index (χ1n) is 12.9. The Kier molecular flexibility index (Phi) is 5.87. The van der Waals surface area contributed by atoms with Gasteiger partial charge in [-0.3, -0.25) is 0 Å². The Labute approximate surface area is 229 Å². The zero-order valence-corrected chi connectivity index (χ0v) is 21.5. The number of nitrogens with zero attached hydrogens (tertiary/aromatic N) is 7. The average Bonchev–Trinajstić information content (AvgIpc) is 3.89. The molecule has 0 atom stereocenters. The topological polar surface area (TPSA) is 114 Å². The summed E-state index contributed by atoms with van der Waals surface area (Å²) in [4.78, 5) is 25.6. The molecule has 0 amide bonds. The highest BCUT2D eigenvalue weighted by molar-refractivity contribution is 5.81. The van der Waals surface area contributed by atoms with E-state index < -0.39 is 17.7 Å². The van der Waals surface area contributed by atoms with Crippen molar-refractivity contribution in [2.45, 2.75) is 50.4 Å². The van der Waals surface area contributed by atoms with E-state index in [0.717, 1.165) is 30.8 Å². The van der Waals surface area contributed by atoms with Gasteiger partial charge in [-0.15, -0.1) is 0 Å². The summed E-state index contributed by atoms with van der Waals surface area (Å²) < 4.78 is 73.4. The van der Waals surface area contributed by atoms with E-state index in [1.165, 1.54) is 30.5 Å². The van der Waals surface area contributed by atoms with Crippen molar-refractivity contribution in [2.24, 2.45) is 0 Å². The maximum Gasteiger partial charge on any atom is 0.434 e. The minimum atomic E-state index is -4.65. The Balaban J connectivity index is 1.19. The van der Waals surface area contributed by atoms with Gasteiger partial charge in [0, 0.05) is 36.0 Å². The Morgan fingerprint density at radius 1 is 1.05 bits per heavy atom. The summed E-state index contributed by atoms with van der Waals surface area (Å²) in [6.45, 7) is -0.154. The van der Waals surface area contributed by atoms with Gasteiger partial charge in [0.05, 0.1) is 19.1 Å². The van der Waals surface area contributed by atoms with Gasteiger partial charge in [0.15, 0.2) is 23.2 Å². The lowest BCUT2D eigenvalue weighted by atomic mass is 10.1. The molecule has 0 saturated heterocycles. The standard InChI is InChI=1S/C27H21F4N7O3/c1-39-25-19(20(14-2-3-14)33-12-34-25)23-35-17-6-7-40-22(17)26(37-23)41-11-13-8-16(28)21(32-9-13)24-36-18(27(29,30)31)10-38(24)15-4-5-15/h6-10,12,14-15H,2-5,11H2,1H3. The van der Waals surface area contributed by atoms with Crippen LogP contribution >= 0.6 is 0 Å². The molecule has 0 bridgehead atoms. The maximum atomic E-state index is 15.2. The molecule has 7 rings (SSSR count). The molecule has 5 aromatic heterocycles. The van der Waals surface area contributed by atoms with Crippen LogP contribution in [0.5, 0.6) is 11.8 Å². The number of alkyl halides is 3. The number of hydrogen-bond acceptors (Lipinski definition) is 9. The molecule has 0 unspecified atom stereocenters. The fraction of sp³-hybridized carbons (Fsp3) is 0.333. The van der Waals surface area contributed by atoms with Gasteiger partial charge in [0.1, 0.15) is 29.7 Å². The molecule has 2 aliphatic carbocycles. The quantitative estimate of drug-likeness (QED) is 0.212. The van der Waals surface area contributed by atoms with E-state index in [1.54, 1.807) is 6.07 Å². The van der Waals surface area contributed by atoms with Crippen LogP contribution in [0.4, 0.5) is 17.6 Å². The molecule has 2 aliphatic rings. The number of hydrogen-bond donors (Lipinski definition) is 0. The first-order chi connectivity index (χ1) is 19.8. The van der Waals surface area contributed by atoms with Crippen LogP contribution in [0.2, 0.25) is 0 Å². The molecule has 210 valence electrons. The first-order valence-corrected chi connectivity index (χ1v) is 12.9. The third-order valence-electron chi connectivity index (χ3n) is 6.94. The molecule has 41 heavy (non-hydrogen) atoms. The van der Waals surface area contributed by atoms with Crippen LogP contribution in [-0.2, 0) is 12.8 Å². The lowest BCUT2D eigenvalue weighted by Crippen LogP contribution is -2.06. The summed E-state index contributed by atoms with van der Waals surface area (Å²) in [5.74, 6) is -0.000344. The molecule has 0 N–H and O–H groups in total. The zero-order valence-electron chi connectivity index (χ0n) is 21.5. The van der Waals surface area contributed by atoms with Crippen molar-refractivity contribution in [3.63, 3.8) is 0 Å². The monoisotopic (exact) mass is 567 g/mol. The number of aromatic nitrogens is 7. The maximum absolute atomic E-state index is 15.2. The normalized spacial score (nSPS) is 15.4. The molecule has 10 nitrogen and oxygen atoms in total. The summed E-state index contributed by atoms with van der Waals surface area (Å²) in [6, 6.07) is 2.66. The van der Waals surface area contributed by atoms with Gasteiger partial charge >= 0.3 is 6.18 Å². The van der Waals surface area contributed by atoms with Crippen LogP contribution in [0.25, 0.3) is 34.0 Å². The summed E-state index contributed by atoms with van der Waals surface area (Å²) in [6.07, 6.45) is 3.84. The van der Waals surface area contributed by atoms with Crippen molar-refractivity contribution >= 4 is 11.1 Å². The summed E-state index contributed by atoms with van der Waals surface area (Å²) in [5.41, 5.74) is 1.08. The summed E-state index contributed by atoms with van der Waals surface area (Å²) in [7, 11) is 1.50. The van der Waals surface area contributed by atoms with Crippen molar-refractivity contribution in [3.05, 3.63) is 59.9 Å². The zero-order chi connectivity index (χ0) is 28.3. The number of furan rings is 1. The number of imidazole rings is 1. The van der Waals surface area contributed by atoms with Crippen LogP contribution in [0.3, 0.4) is 0 Å². The van der Waals surface area contributed by atoms with Crippen molar-refractivity contribution < 1.29 is 31.5 Å². The van der Waals surface area contributed by atoms with E-state index in [0.29, 0.717) is 41.2 Å². The first kappa shape index (κ1) is 25.4. The fourth-order valence-electron chi connectivity index (χ4n) is 4.67. The molecule has 5 aromatic rings.